The van der Waals surface area contributed by atoms with Crippen LogP contribution in [-0.4, -0.2) is 16.8 Å². The van der Waals surface area contributed by atoms with Crippen molar-refractivity contribution in [3.05, 3.63) is 87.5 Å². The highest BCUT2D eigenvalue weighted by atomic mass is 127. The van der Waals surface area contributed by atoms with Crippen molar-refractivity contribution >= 4 is 48.3 Å². The van der Waals surface area contributed by atoms with Crippen molar-refractivity contribution in [3.63, 3.8) is 0 Å². The van der Waals surface area contributed by atoms with Crippen LogP contribution in [-0.2, 0) is 20.0 Å². The summed E-state index contributed by atoms with van der Waals surface area (Å²) < 4.78 is 54.7. The monoisotopic (exact) mass is 527 g/mol. The maximum Gasteiger partial charge on any atom is 0.277 e. The van der Waals surface area contributed by atoms with Gasteiger partial charge in [-0.25, -0.2) is 16.8 Å². The molecule has 3 aromatic rings. The molecule has 0 aliphatic carbocycles. The molecule has 0 saturated carbocycles. The Bertz CT molecular complexity index is 1130. The Hall–Kier alpha value is -1.91. The lowest BCUT2D eigenvalue weighted by Crippen LogP contribution is -2.37. The zero-order chi connectivity index (χ0) is 20.5. The van der Waals surface area contributed by atoms with Crippen LogP contribution in [0.15, 0.2) is 82.6 Å². The summed E-state index contributed by atoms with van der Waals surface area (Å²) in [6.07, 6.45) is 0. The highest BCUT2D eigenvalue weighted by molar-refractivity contribution is 14.1. The minimum absolute atomic E-state index is 0.0873. The Morgan fingerprint density at radius 2 is 1.04 bits per heavy atom. The SMILES string of the molecule is Cc1ccc(S(=O)(=O)N(c2ccccc2I)S(=O)(=O)c2ccc(C)cc2)cc1. The van der Waals surface area contributed by atoms with Crippen LogP contribution < -0.4 is 3.71 Å². The van der Waals surface area contributed by atoms with E-state index in [2.05, 4.69) is 0 Å². The second-order valence-electron chi connectivity index (χ2n) is 6.28. The van der Waals surface area contributed by atoms with Crippen molar-refractivity contribution in [1.82, 2.24) is 0 Å². The minimum Gasteiger partial charge on any atom is -0.200 e. The van der Waals surface area contributed by atoms with Gasteiger partial charge in [0.05, 0.1) is 15.5 Å². The Labute approximate surface area is 179 Å². The molecule has 0 radical (unpaired) electrons. The summed E-state index contributed by atoms with van der Waals surface area (Å²) in [5.41, 5.74) is 1.84. The lowest BCUT2D eigenvalue weighted by atomic mass is 10.2. The number of aryl methyl sites for hydroxylation is 2. The molecule has 146 valence electrons. The van der Waals surface area contributed by atoms with Gasteiger partial charge in [0.1, 0.15) is 0 Å². The van der Waals surface area contributed by atoms with Gasteiger partial charge in [0.15, 0.2) is 0 Å². The van der Waals surface area contributed by atoms with Gasteiger partial charge in [-0.15, -0.1) is 0 Å². The normalized spacial score (nSPS) is 12.0. The summed E-state index contributed by atoms with van der Waals surface area (Å²) >= 11 is 1.93. The molecule has 0 unspecified atom stereocenters. The van der Waals surface area contributed by atoms with E-state index >= 15 is 0 Å². The van der Waals surface area contributed by atoms with Gasteiger partial charge in [-0.1, -0.05) is 47.5 Å². The van der Waals surface area contributed by atoms with Crippen LogP contribution in [0.2, 0.25) is 0 Å². The summed E-state index contributed by atoms with van der Waals surface area (Å²) in [5, 5.41) is 0. The third-order valence-electron chi connectivity index (χ3n) is 4.12. The van der Waals surface area contributed by atoms with E-state index in [9.17, 15) is 16.8 Å². The van der Waals surface area contributed by atoms with E-state index in [4.69, 9.17) is 0 Å². The van der Waals surface area contributed by atoms with Gasteiger partial charge in [0.25, 0.3) is 20.0 Å². The molecule has 0 N–H and O–H groups in total. The van der Waals surface area contributed by atoms with E-state index in [-0.39, 0.29) is 15.5 Å². The lowest BCUT2D eigenvalue weighted by Gasteiger charge is -2.25. The number of hydrogen-bond acceptors (Lipinski definition) is 4. The van der Waals surface area contributed by atoms with Gasteiger partial charge in [-0.3, -0.25) is 0 Å². The number of rotatable bonds is 5. The molecular weight excluding hydrogens is 509 g/mol. The van der Waals surface area contributed by atoms with Crippen molar-refractivity contribution in [2.45, 2.75) is 23.6 Å². The van der Waals surface area contributed by atoms with E-state index in [0.717, 1.165) is 11.1 Å². The van der Waals surface area contributed by atoms with Crippen molar-refractivity contribution in [2.75, 3.05) is 3.71 Å². The van der Waals surface area contributed by atoms with E-state index in [1.807, 2.05) is 36.4 Å². The van der Waals surface area contributed by atoms with Crippen LogP contribution in [0.3, 0.4) is 0 Å². The molecule has 0 aliphatic rings. The average Bonchev–Trinajstić information content (AvgIpc) is 2.64. The fraction of sp³-hybridized carbons (Fsp3) is 0.100. The number of anilines is 1. The fourth-order valence-corrected chi connectivity index (χ4v) is 7.29. The minimum atomic E-state index is -4.37. The standard InChI is InChI=1S/C20H18INO4S2/c1-15-7-11-17(12-8-15)27(23,24)22(20-6-4-3-5-19(20)21)28(25,26)18-13-9-16(2)10-14-18/h3-14H,1-2H3. The molecular formula is C20H18INO4S2. The topological polar surface area (TPSA) is 71.5 Å². The quantitative estimate of drug-likeness (QED) is 0.459. The third kappa shape index (κ3) is 3.94. The van der Waals surface area contributed by atoms with Gasteiger partial charge >= 0.3 is 0 Å². The summed E-state index contributed by atoms with van der Waals surface area (Å²) in [7, 11) is -8.74. The number of nitrogens with zero attached hydrogens (tertiary/aromatic N) is 1. The Kier molecular flexibility index (Phi) is 5.83. The maximum absolute atomic E-state index is 13.4. The first-order valence-electron chi connectivity index (χ1n) is 8.32. The van der Waals surface area contributed by atoms with Crippen LogP contribution in [0.5, 0.6) is 0 Å². The number of halogens is 1. The smallest absolute Gasteiger partial charge is 0.200 e. The summed E-state index contributed by atoms with van der Waals surface area (Å²) in [6, 6.07) is 18.7. The van der Waals surface area contributed by atoms with E-state index < -0.39 is 20.0 Å². The number of para-hydroxylation sites is 1. The van der Waals surface area contributed by atoms with Crippen LogP contribution >= 0.6 is 22.6 Å². The van der Waals surface area contributed by atoms with Crippen LogP contribution in [0, 0.1) is 17.4 Å². The number of sulfonamides is 2. The molecule has 0 fully saturated rings. The van der Waals surface area contributed by atoms with Crippen molar-refractivity contribution in [2.24, 2.45) is 0 Å². The second kappa shape index (κ2) is 7.84. The van der Waals surface area contributed by atoms with Crippen molar-refractivity contribution < 1.29 is 16.8 Å². The van der Waals surface area contributed by atoms with Gasteiger partial charge in [-0.2, -0.15) is 3.71 Å². The van der Waals surface area contributed by atoms with Gasteiger partial charge in [-0.05, 0) is 72.8 Å². The Morgan fingerprint density at radius 1 is 0.643 bits per heavy atom. The molecule has 0 aliphatic heterocycles. The maximum atomic E-state index is 13.4. The van der Waals surface area contributed by atoms with Gasteiger partial charge < -0.3 is 0 Å². The van der Waals surface area contributed by atoms with E-state index in [1.54, 1.807) is 42.5 Å². The number of hydrogen-bond donors (Lipinski definition) is 0. The molecule has 0 aromatic heterocycles. The summed E-state index contributed by atoms with van der Waals surface area (Å²) in [6.45, 7) is 3.66. The van der Waals surface area contributed by atoms with Gasteiger partial charge in [0, 0.05) is 3.57 Å². The third-order valence-corrected chi connectivity index (χ3v) is 9.22. The van der Waals surface area contributed by atoms with Crippen molar-refractivity contribution in [3.8, 4) is 0 Å². The molecule has 5 nitrogen and oxygen atoms in total. The molecule has 0 heterocycles. The first-order chi connectivity index (χ1) is 13.1. The fourth-order valence-electron chi connectivity index (χ4n) is 2.60. The summed E-state index contributed by atoms with van der Waals surface area (Å²) in [5.74, 6) is 0. The molecule has 3 aromatic carbocycles. The van der Waals surface area contributed by atoms with Crippen LogP contribution in [0.1, 0.15) is 11.1 Å². The number of benzene rings is 3. The molecule has 0 saturated heterocycles. The van der Waals surface area contributed by atoms with E-state index in [0.29, 0.717) is 7.28 Å². The first-order valence-corrected chi connectivity index (χ1v) is 12.3. The molecule has 0 amide bonds. The first kappa shape index (κ1) is 20.8. The Balaban J connectivity index is 2.28. The molecule has 28 heavy (non-hydrogen) atoms. The van der Waals surface area contributed by atoms with Gasteiger partial charge in [0.2, 0.25) is 0 Å². The molecule has 0 atom stereocenters. The average molecular weight is 527 g/mol. The summed E-state index contributed by atoms with van der Waals surface area (Å²) in [4.78, 5) is -0.179. The molecule has 0 bridgehead atoms. The van der Waals surface area contributed by atoms with E-state index in [1.165, 1.54) is 30.3 Å². The molecule has 3 rings (SSSR count). The zero-order valence-corrected chi connectivity index (χ0v) is 19.0. The largest absolute Gasteiger partial charge is 0.277 e. The predicted octanol–water partition coefficient (Wildman–Crippen LogP) is 4.49. The highest BCUT2D eigenvalue weighted by Gasteiger charge is 2.37. The highest BCUT2D eigenvalue weighted by Crippen LogP contribution is 2.33. The van der Waals surface area contributed by atoms with Crippen LogP contribution in [0.25, 0.3) is 0 Å². The second-order valence-corrected chi connectivity index (χ2v) is 11.3. The lowest BCUT2D eigenvalue weighted by molar-refractivity contribution is 0.584. The molecule has 0 spiro atoms. The zero-order valence-electron chi connectivity index (χ0n) is 15.2. The Morgan fingerprint density at radius 3 is 1.43 bits per heavy atom. The molecule has 8 heteroatoms. The van der Waals surface area contributed by atoms with Crippen LogP contribution in [0.4, 0.5) is 5.69 Å². The van der Waals surface area contributed by atoms with Crippen molar-refractivity contribution in [1.29, 1.82) is 0 Å². The predicted molar refractivity (Wildman–Crippen MR) is 118 cm³/mol.